The van der Waals surface area contributed by atoms with E-state index in [1.165, 1.54) is 0 Å². The van der Waals surface area contributed by atoms with Crippen molar-refractivity contribution in [3.63, 3.8) is 0 Å². The molecule has 2 atom stereocenters. The quantitative estimate of drug-likeness (QED) is 0.815. The zero-order valence-corrected chi connectivity index (χ0v) is 11.5. The molecule has 3 nitrogen and oxygen atoms in total. The predicted molar refractivity (Wildman–Crippen MR) is 74.9 cm³/mol. The van der Waals surface area contributed by atoms with E-state index in [2.05, 4.69) is 17.9 Å². The molecular formula is C14H19NO2S. The SMILES string of the molecule is CC1(NC(=O)C(S)Cc2ccccc2)CCOC1. The van der Waals surface area contributed by atoms with Crippen molar-refractivity contribution in [2.24, 2.45) is 0 Å². The third-order valence-electron chi connectivity index (χ3n) is 3.22. The molecule has 0 radical (unpaired) electrons. The van der Waals surface area contributed by atoms with Gasteiger partial charge in [-0.3, -0.25) is 4.79 Å². The summed E-state index contributed by atoms with van der Waals surface area (Å²) in [4.78, 5) is 12.1. The van der Waals surface area contributed by atoms with E-state index < -0.39 is 0 Å². The zero-order valence-electron chi connectivity index (χ0n) is 10.6. The maximum Gasteiger partial charge on any atom is 0.233 e. The lowest BCUT2D eigenvalue weighted by molar-refractivity contribution is -0.122. The van der Waals surface area contributed by atoms with Crippen LogP contribution in [0.25, 0.3) is 0 Å². The van der Waals surface area contributed by atoms with Gasteiger partial charge < -0.3 is 10.1 Å². The first-order valence-electron chi connectivity index (χ1n) is 6.21. The molecule has 1 fully saturated rings. The van der Waals surface area contributed by atoms with Crippen LogP contribution < -0.4 is 5.32 Å². The van der Waals surface area contributed by atoms with Crippen LogP contribution in [0.5, 0.6) is 0 Å². The van der Waals surface area contributed by atoms with Crippen LogP contribution >= 0.6 is 12.6 Å². The smallest absolute Gasteiger partial charge is 0.233 e. The number of hydrogen-bond acceptors (Lipinski definition) is 3. The number of carbonyl (C=O) groups is 1. The standard InChI is InChI=1S/C14H19NO2S/c1-14(7-8-17-10-14)15-13(16)12(18)9-11-5-3-2-4-6-11/h2-6,12,18H,7-10H2,1H3,(H,15,16). The molecule has 98 valence electrons. The molecule has 2 rings (SSSR count). The Balaban J connectivity index is 1.89. The predicted octanol–water partition coefficient (Wildman–Crippen LogP) is 1.82. The van der Waals surface area contributed by atoms with Crippen molar-refractivity contribution in [3.8, 4) is 0 Å². The van der Waals surface area contributed by atoms with Crippen molar-refractivity contribution in [2.75, 3.05) is 13.2 Å². The highest BCUT2D eigenvalue weighted by Crippen LogP contribution is 2.18. The van der Waals surface area contributed by atoms with Crippen LogP contribution in [0.4, 0.5) is 0 Å². The molecule has 2 unspecified atom stereocenters. The molecule has 1 heterocycles. The van der Waals surface area contributed by atoms with Gasteiger partial charge in [-0.1, -0.05) is 30.3 Å². The van der Waals surface area contributed by atoms with E-state index in [1.807, 2.05) is 37.3 Å². The Morgan fingerprint density at radius 2 is 2.22 bits per heavy atom. The van der Waals surface area contributed by atoms with E-state index in [-0.39, 0.29) is 16.7 Å². The van der Waals surface area contributed by atoms with Crippen LogP contribution in [0.2, 0.25) is 0 Å². The van der Waals surface area contributed by atoms with Gasteiger partial charge in [0.25, 0.3) is 0 Å². The van der Waals surface area contributed by atoms with Crippen LogP contribution in [-0.4, -0.2) is 29.9 Å². The molecule has 0 bridgehead atoms. The molecule has 0 aromatic heterocycles. The largest absolute Gasteiger partial charge is 0.379 e. The molecule has 0 spiro atoms. The lowest BCUT2D eigenvalue weighted by Crippen LogP contribution is -2.49. The third kappa shape index (κ3) is 3.50. The van der Waals surface area contributed by atoms with Gasteiger partial charge in [0.1, 0.15) is 0 Å². The zero-order chi connectivity index (χ0) is 13.0. The van der Waals surface area contributed by atoms with Crippen LogP contribution in [-0.2, 0) is 16.0 Å². The van der Waals surface area contributed by atoms with Gasteiger partial charge in [0.15, 0.2) is 0 Å². The van der Waals surface area contributed by atoms with E-state index in [0.29, 0.717) is 19.6 Å². The second-order valence-electron chi connectivity index (χ2n) is 5.06. The summed E-state index contributed by atoms with van der Waals surface area (Å²) < 4.78 is 5.32. The van der Waals surface area contributed by atoms with Crippen LogP contribution in [0.15, 0.2) is 30.3 Å². The van der Waals surface area contributed by atoms with Crippen molar-refractivity contribution in [1.29, 1.82) is 0 Å². The fourth-order valence-corrected chi connectivity index (χ4v) is 2.35. The van der Waals surface area contributed by atoms with Gasteiger partial charge in [-0.05, 0) is 25.3 Å². The molecule has 1 aliphatic rings. The van der Waals surface area contributed by atoms with Gasteiger partial charge in [-0.2, -0.15) is 12.6 Å². The van der Waals surface area contributed by atoms with Crippen molar-refractivity contribution in [1.82, 2.24) is 5.32 Å². The number of thiol groups is 1. The molecule has 1 aliphatic heterocycles. The average molecular weight is 265 g/mol. The lowest BCUT2D eigenvalue weighted by Gasteiger charge is -2.25. The van der Waals surface area contributed by atoms with Crippen LogP contribution in [0.3, 0.4) is 0 Å². The van der Waals surface area contributed by atoms with E-state index in [1.54, 1.807) is 0 Å². The second-order valence-corrected chi connectivity index (χ2v) is 5.68. The first-order valence-corrected chi connectivity index (χ1v) is 6.72. The fraction of sp³-hybridized carbons (Fsp3) is 0.500. The Morgan fingerprint density at radius 1 is 1.50 bits per heavy atom. The Hall–Kier alpha value is -1.00. The van der Waals surface area contributed by atoms with E-state index in [0.717, 1.165) is 12.0 Å². The molecule has 0 aliphatic carbocycles. The minimum atomic E-state index is -0.315. The Kier molecular flexibility index (Phi) is 4.30. The normalized spacial score (nSPS) is 24.8. The summed E-state index contributed by atoms with van der Waals surface area (Å²) in [6, 6.07) is 9.93. The lowest BCUT2D eigenvalue weighted by atomic mass is 10.0. The number of rotatable bonds is 4. The molecular weight excluding hydrogens is 246 g/mol. The molecule has 1 aromatic rings. The molecule has 18 heavy (non-hydrogen) atoms. The first-order chi connectivity index (χ1) is 8.59. The topological polar surface area (TPSA) is 38.3 Å². The maximum absolute atomic E-state index is 12.1. The number of ether oxygens (including phenoxy) is 1. The number of amides is 1. The number of benzene rings is 1. The van der Waals surface area contributed by atoms with Gasteiger partial charge in [0.05, 0.1) is 17.4 Å². The molecule has 4 heteroatoms. The van der Waals surface area contributed by atoms with E-state index >= 15 is 0 Å². The van der Waals surface area contributed by atoms with Crippen molar-refractivity contribution in [2.45, 2.75) is 30.6 Å². The summed E-state index contributed by atoms with van der Waals surface area (Å²) in [5, 5.41) is 2.72. The summed E-state index contributed by atoms with van der Waals surface area (Å²) in [5.74, 6) is -0.0183. The first kappa shape index (κ1) is 13.4. The van der Waals surface area contributed by atoms with Crippen molar-refractivity contribution < 1.29 is 9.53 Å². The summed E-state index contributed by atoms with van der Waals surface area (Å²) in [6.07, 6.45) is 1.51. The van der Waals surface area contributed by atoms with Gasteiger partial charge in [0, 0.05) is 6.61 Å². The summed E-state index contributed by atoms with van der Waals surface area (Å²) in [6.45, 7) is 3.32. The minimum absolute atomic E-state index is 0.0183. The van der Waals surface area contributed by atoms with Gasteiger partial charge in [-0.15, -0.1) is 0 Å². The number of carbonyl (C=O) groups excluding carboxylic acids is 1. The molecule has 0 saturated carbocycles. The van der Waals surface area contributed by atoms with Gasteiger partial charge in [0.2, 0.25) is 5.91 Å². The fourth-order valence-electron chi connectivity index (χ4n) is 2.08. The van der Waals surface area contributed by atoms with Crippen molar-refractivity contribution in [3.05, 3.63) is 35.9 Å². The highest BCUT2D eigenvalue weighted by molar-refractivity contribution is 7.81. The molecule has 1 aromatic carbocycles. The van der Waals surface area contributed by atoms with Gasteiger partial charge >= 0.3 is 0 Å². The summed E-state index contributed by atoms with van der Waals surface area (Å²) in [5.41, 5.74) is 0.898. The van der Waals surface area contributed by atoms with Crippen LogP contribution in [0, 0.1) is 0 Å². The Morgan fingerprint density at radius 3 is 2.83 bits per heavy atom. The second kappa shape index (κ2) is 5.76. The van der Waals surface area contributed by atoms with Crippen LogP contribution in [0.1, 0.15) is 18.9 Å². The average Bonchev–Trinajstić information content (AvgIpc) is 2.77. The third-order valence-corrected chi connectivity index (χ3v) is 3.64. The van der Waals surface area contributed by atoms with E-state index in [9.17, 15) is 4.79 Å². The Bertz CT molecular complexity index is 402. The minimum Gasteiger partial charge on any atom is -0.379 e. The number of nitrogens with one attached hydrogen (secondary N) is 1. The molecule has 1 amide bonds. The molecule has 1 N–H and O–H groups in total. The number of hydrogen-bond donors (Lipinski definition) is 2. The molecule has 1 saturated heterocycles. The van der Waals surface area contributed by atoms with Gasteiger partial charge in [-0.25, -0.2) is 0 Å². The maximum atomic E-state index is 12.1. The highest BCUT2D eigenvalue weighted by Gasteiger charge is 2.32. The van der Waals surface area contributed by atoms with Crippen molar-refractivity contribution >= 4 is 18.5 Å². The highest BCUT2D eigenvalue weighted by atomic mass is 32.1. The van der Waals surface area contributed by atoms with E-state index in [4.69, 9.17) is 4.74 Å². The summed E-state index contributed by atoms with van der Waals surface area (Å²) in [7, 11) is 0. The Labute approximate surface area is 113 Å². The monoisotopic (exact) mass is 265 g/mol. The summed E-state index contributed by atoms with van der Waals surface area (Å²) >= 11 is 4.39.